The monoisotopic (exact) mass is 337 g/mol. The number of pyridine rings is 1. The number of hydrogen-bond donors (Lipinski definition) is 1. The Balaban J connectivity index is 1.56. The average molecular weight is 337 g/mol. The van der Waals surface area contributed by atoms with Gasteiger partial charge in [-0.25, -0.2) is 9.50 Å². The number of nitrogens with one attached hydrogen (secondary N) is 1. The molecule has 4 rings (SSSR count). The number of fused-ring (bicyclic) bond motifs is 1. The van der Waals surface area contributed by atoms with Crippen molar-refractivity contribution in [3.63, 3.8) is 0 Å². The van der Waals surface area contributed by atoms with E-state index in [9.17, 15) is 4.79 Å². The molecule has 0 radical (unpaired) electrons. The first-order chi connectivity index (χ1) is 12.2. The first-order valence-electron chi connectivity index (χ1n) is 8.88. The first kappa shape index (κ1) is 16.0. The van der Waals surface area contributed by atoms with Crippen LogP contribution in [0.3, 0.4) is 0 Å². The van der Waals surface area contributed by atoms with Gasteiger partial charge in [-0.05, 0) is 44.0 Å². The third-order valence-electron chi connectivity index (χ3n) is 5.16. The van der Waals surface area contributed by atoms with Crippen molar-refractivity contribution >= 4 is 5.65 Å². The van der Waals surface area contributed by atoms with Gasteiger partial charge in [-0.3, -0.25) is 19.8 Å². The van der Waals surface area contributed by atoms with Gasteiger partial charge in [0.05, 0.1) is 0 Å². The molecule has 1 aliphatic rings. The number of likely N-dealkylation sites (tertiary alicyclic amines) is 1. The van der Waals surface area contributed by atoms with Crippen LogP contribution in [0.25, 0.3) is 5.65 Å². The highest BCUT2D eigenvalue weighted by Gasteiger charge is 2.26. The van der Waals surface area contributed by atoms with Gasteiger partial charge in [-0.2, -0.15) is 0 Å². The fraction of sp³-hybridized carbons (Fsp3) is 0.421. The average Bonchev–Trinajstić information content (AvgIpc) is 3.23. The molecular formula is C19H23N5O. The van der Waals surface area contributed by atoms with E-state index in [0.717, 1.165) is 48.7 Å². The lowest BCUT2D eigenvalue weighted by atomic mass is 10.1. The van der Waals surface area contributed by atoms with Crippen LogP contribution in [0.2, 0.25) is 0 Å². The summed E-state index contributed by atoms with van der Waals surface area (Å²) in [6, 6.07) is 6.16. The molecule has 1 fully saturated rings. The van der Waals surface area contributed by atoms with Crippen molar-refractivity contribution in [3.05, 3.63) is 63.5 Å². The fourth-order valence-electron chi connectivity index (χ4n) is 3.78. The van der Waals surface area contributed by atoms with Crippen LogP contribution in [-0.2, 0) is 13.0 Å². The van der Waals surface area contributed by atoms with Crippen LogP contribution in [0.5, 0.6) is 0 Å². The van der Waals surface area contributed by atoms with Gasteiger partial charge in [0, 0.05) is 54.4 Å². The quantitative estimate of drug-likeness (QED) is 0.793. The smallest absolute Gasteiger partial charge is 0.276 e. The van der Waals surface area contributed by atoms with Gasteiger partial charge >= 0.3 is 0 Å². The van der Waals surface area contributed by atoms with E-state index in [1.807, 2.05) is 32.3 Å². The van der Waals surface area contributed by atoms with E-state index in [2.05, 4.69) is 32.1 Å². The summed E-state index contributed by atoms with van der Waals surface area (Å²) < 4.78 is 1.60. The Hall–Kier alpha value is -2.47. The molecule has 0 amide bonds. The Morgan fingerprint density at radius 2 is 2.12 bits per heavy atom. The highest BCUT2D eigenvalue weighted by Crippen LogP contribution is 2.27. The largest absolute Gasteiger partial charge is 0.298 e. The van der Waals surface area contributed by atoms with Crippen LogP contribution in [0.1, 0.15) is 41.8 Å². The molecule has 3 aromatic heterocycles. The standard InChI is InChI=1S/C19H23N5O/c1-3-16-13(2)21-18-10-17(22-24(18)19(16)25)15-6-9-23(12-15)11-14-4-7-20-8-5-14/h4-5,7-8,10,15,22H,3,6,9,11-12H2,1-2H3. The normalized spacial score (nSPS) is 18.2. The molecule has 1 aliphatic heterocycles. The van der Waals surface area contributed by atoms with Crippen molar-refractivity contribution in [3.8, 4) is 0 Å². The van der Waals surface area contributed by atoms with Crippen molar-refractivity contribution in [1.29, 1.82) is 0 Å². The van der Waals surface area contributed by atoms with Crippen LogP contribution >= 0.6 is 0 Å². The fourth-order valence-corrected chi connectivity index (χ4v) is 3.78. The first-order valence-corrected chi connectivity index (χ1v) is 8.88. The van der Waals surface area contributed by atoms with Gasteiger partial charge < -0.3 is 0 Å². The molecule has 3 aromatic rings. The molecular weight excluding hydrogens is 314 g/mol. The van der Waals surface area contributed by atoms with E-state index in [0.29, 0.717) is 12.3 Å². The second-order valence-electron chi connectivity index (χ2n) is 6.82. The van der Waals surface area contributed by atoms with Crippen LogP contribution in [0, 0.1) is 6.92 Å². The molecule has 4 heterocycles. The SMILES string of the molecule is CCc1c(C)nc2cc(C3CCN(Cc4ccncc4)C3)[nH]n2c1=O. The van der Waals surface area contributed by atoms with Crippen LogP contribution in [0.4, 0.5) is 0 Å². The van der Waals surface area contributed by atoms with Gasteiger partial charge in [0.1, 0.15) is 0 Å². The summed E-state index contributed by atoms with van der Waals surface area (Å²) in [6.07, 6.45) is 5.48. The van der Waals surface area contributed by atoms with Gasteiger partial charge in [0.15, 0.2) is 5.65 Å². The number of nitrogens with zero attached hydrogens (tertiary/aromatic N) is 4. The molecule has 130 valence electrons. The molecule has 0 bridgehead atoms. The summed E-state index contributed by atoms with van der Waals surface area (Å²) in [7, 11) is 0. The zero-order chi connectivity index (χ0) is 17.4. The lowest BCUT2D eigenvalue weighted by Crippen LogP contribution is -2.21. The summed E-state index contributed by atoms with van der Waals surface area (Å²) in [4.78, 5) is 23.7. The minimum atomic E-state index is 0.0305. The van der Waals surface area contributed by atoms with E-state index in [4.69, 9.17) is 0 Å². The van der Waals surface area contributed by atoms with Gasteiger partial charge in [-0.1, -0.05) is 6.92 Å². The molecule has 1 saturated heterocycles. The molecule has 1 N–H and O–H groups in total. The van der Waals surface area contributed by atoms with Crippen LogP contribution in [0.15, 0.2) is 35.4 Å². The van der Waals surface area contributed by atoms with Crippen LogP contribution in [-0.4, -0.2) is 37.6 Å². The Bertz CT molecular complexity index is 944. The highest BCUT2D eigenvalue weighted by molar-refractivity contribution is 5.42. The maximum absolute atomic E-state index is 12.6. The molecule has 1 unspecified atom stereocenters. The van der Waals surface area contributed by atoms with Crippen molar-refractivity contribution in [2.24, 2.45) is 0 Å². The third-order valence-corrected chi connectivity index (χ3v) is 5.16. The summed E-state index contributed by atoms with van der Waals surface area (Å²) in [5, 5.41) is 3.30. The number of aryl methyl sites for hydroxylation is 1. The van der Waals surface area contributed by atoms with E-state index >= 15 is 0 Å². The Kier molecular flexibility index (Phi) is 4.13. The maximum Gasteiger partial charge on any atom is 0.276 e. The lowest BCUT2D eigenvalue weighted by molar-refractivity contribution is 0.326. The number of H-pyrrole nitrogens is 1. The third kappa shape index (κ3) is 2.98. The summed E-state index contributed by atoms with van der Waals surface area (Å²) >= 11 is 0. The number of rotatable bonds is 4. The van der Waals surface area contributed by atoms with E-state index < -0.39 is 0 Å². The minimum absolute atomic E-state index is 0.0305. The van der Waals surface area contributed by atoms with Gasteiger partial charge in [0.25, 0.3) is 5.56 Å². The van der Waals surface area contributed by atoms with Gasteiger partial charge in [-0.15, -0.1) is 0 Å². The molecule has 0 aromatic carbocycles. The predicted octanol–water partition coefficient (Wildman–Crippen LogP) is 2.28. The molecule has 0 aliphatic carbocycles. The Morgan fingerprint density at radius 3 is 2.88 bits per heavy atom. The molecule has 6 nitrogen and oxygen atoms in total. The summed E-state index contributed by atoms with van der Waals surface area (Å²) in [5.74, 6) is 0.410. The Labute approximate surface area is 146 Å². The predicted molar refractivity (Wildman–Crippen MR) is 96.8 cm³/mol. The van der Waals surface area contributed by atoms with Crippen molar-refractivity contribution in [1.82, 2.24) is 24.5 Å². The molecule has 0 spiro atoms. The Morgan fingerprint density at radius 1 is 1.32 bits per heavy atom. The maximum atomic E-state index is 12.6. The summed E-state index contributed by atoms with van der Waals surface area (Å²) in [6.45, 7) is 6.90. The zero-order valence-corrected chi connectivity index (χ0v) is 14.7. The van der Waals surface area contributed by atoms with Crippen molar-refractivity contribution in [2.75, 3.05) is 13.1 Å². The van der Waals surface area contributed by atoms with E-state index in [-0.39, 0.29) is 5.56 Å². The van der Waals surface area contributed by atoms with Crippen molar-refractivity contribution in [2.45, 2.75) is 39.2 Å². The number of hydrogen-bond acceptors (Lipinski definition) is 4. The van der Waals surface area contributed by atoms with E-state index in [1.54, 1.807) is 4.52 Å². The molecule has 0 saturated carbocycles. The molecule has 25 heavy (non-hydrogen) atoms. The lowest BCUT2D eigenvalue weighted by Gasteiger charge is -2.15. The summed E-state index contributed by atoms with van der Waals surface area (Å²) in [5.41, 5.74) is 4.77. The van der Waals surface area contributed by atoms with Crippen molar-refractivity contribution < 1.29 is 0 Å². The van der Waals surface area contributed by atoms with Crippen LogP contribution < -0.4 is 5.56 Å². The molecule has 6 heteroatoms. The number of aromatic nitrogens is 4. The second kappa shape index (κ2) is 6.44. The second-order valence-corrected chi connectivity index (χ2v) is 6.82. The van der Waals surface area contributed by atoms with Gasteiger partial charge in [0.2, 0.25) is 0 Å². The number of aromatic amines is 1. The zero-order valence-electron chi connectivity index (χ0n) is 14.7. The molecule has 1 atom stereocenters. The topological polar surface area (TPSA) is 66.3 Å². The van der Waals surface area contributed by atoms with E-state index in [1.165, 1.54) is 5.56 Å². The highest BCUT2D eigenvalue weighted by atomic mass is 16.1. The minimum Gasteiger partial charge on any atom is -0.298 e.